The quantitative estimate of drug-likeness (QED) is 0.764. The molecule has 0 fully saturated rings. The Morgan fingerprint density at radius 1 is 1.25 bits per heavy atom. The van der Waals surface area contributed by atoms with Crippen LogP contribution < -0.4 is 5.73 Å². The number of nitrogens with zero attached hydrogens (tertiary/aromatic N) is 1. The van der Waals surface area contributed by atoms with Crippen LogP contribution in [-0.4, -0.2) is 10.2 Å². The molecule has 82 valence electrons. The van der Waals surface area contributed by atoms with Gasteiger partial charge in [0, 0.05) is 22.9 Å². The molecule has 3 heteroatoms. The maximum Gasteiger partial charge on any atom is 0.0971 e. The summed E-state index contributed by atoms with van der Waals surface area (Å²) in [6.07, 6.45) is 3.29. The van der Waals surface area contributed by atoms with E-state index in [0.29, 0.717) is 0 Å². The van der Waals surface area contributed by atoms with Crippen molar-refractivity contribution in [2.24, 2.45) is 5.73 Å². The summed E-state index contributed by atoms with van der Waals surface area (Å²) in [7, 11) is 0. The summed E-state index contributed by atoms with van der Waals surface area (Å²) < 4.78 is 0. The molecule has 0 spiro atoms. The number of hydrogen-bond donors (Lipinski definition) is 2. The predicted octanol–water partition coefficient (Wildman–Crippen LogP) is 2.41. The Labute approximate surface area is 94.7 Å². The first-order valence-corrected chi connectivity index (χ1v) is 5.74. The van der Waals surface area contributed by atoms with E-state index in [1.54, 1.807) is 0 Å². The molecule has 3 nitrogen and oxygen atoms in total. The zero-order valence-corrected chi connectivity index (χ0v) is 9.11. The van der Waals surface area contributed by atoms with E-state index in [-0.39, 0.29) is 6.04 Å². The van der Waals surface area contributed by atoms with Crippen molar-refractivity contribution in [3.8, 4) is 11.3 Å². The summed E-state index contributed by atoms with van der Waals surface area (Å²) in [4.78, 5) is 0. The fourth-order valence-corrected chi connectivity index (χ4v) is 2.44. The minimum absolute atomic E-state index is 0.137. The van der Waals surface area contributed by atoms with Gasteiger partial charge in [0.05, 0.1) is 5.69 Å². The molecular formula is C13H15N3. The number of aromatic amines is 1. The molecule has 1 heterocycles. The number of benzene rings is 1. The number of aromatic nitrogens is 2. The average molecular weight is 213 g/mol. The van der Waals surface area contributed by atoms with E-state index in [1.807, 2.05) is 18.2 Å². The van der Waals surface area contributed by atoms with Gasteiger partial charge in [0.1, 0.15) is 0 Å². The van der Waals surface area contributed by atoms with Crippen molar-refractivity contribution >= 4 is 0 Å². The van der Waals surface area contributed by atoms with Gasteiger partial charge in [-0.05, 0) is 19.3 Å². The van der Waals surface area contributed by atoms with E-state index >= 15 is 0 Å². The molecule has 1 aromatic carbocycles. The van der Waals surface area contributed by atoms with Crippen LogP contribution >= 0.6 is 0 Å². The first-order chi connectivity index (χ1) is 7.86. The predicted molar refractivity (Wildman–Crippen MR) is 63.9 cm³/mol. The summed E-state index contributed by atoms with van der Waals surface area (Å²) >= 11 is 0. The van der Waals surface area contributed by atoms with E-state index in [0.717, 1.165) is 30.5 Å². The van der Waals surface area contributed by atoms with E-state index in [1.165, 1.54) is 11.3 Å². The summed E-state index contributed by atoms with van der Waals surface area (Å²) in [5.41, 5.74) is 10.8. The summed E-state index contributed by atoms with van der Waals surface area (Å²) in [6.45, 7) is 0. The average Bonchev–Trinajstić information content (AvgIpc) is 2.75. The highest BCUT2D eigenvalue weighted by atomic mass is 15.1. The molecule has 0 saturated heterocycles. The maximum absolute atomic E-state index is 6.17. The largest absolute Gasteiger partial charge is 0.324 e. The summed E-state index contributed by atoms with van der Waals surface area (Å²) in [5.74, 6) is 0. The van der Waals surface area contributed by atoms with Crippen LogP contribution in [-0.2, 0) is 6.42 Å². The van der Waals surface area contributed by atoms with Crippen LogP contribution in [0.1, 0.15) is 30.1 Å². The number of H-pyrrole nitrogens is 1. The minimum atomic E-state index is 0.137. The second-order valence-electron chi connectivity index (χ2n) is 4.33. The zero-order chi connectivity index (χ0) is 11.0. The summed E-state index contributed by atoms with van der Waals surface area (Å²) in [6, 6.07) is 10.4. The molecule has 0 saturated carbocycles. The van der Waals surface area contributed by atoms with Crippen molar-refractivity contribution in [2.45, 2.75) is 25.3 Å². The Morgan fingerprint density at radius 3 is 2.88 bits per heavy atom. The Morgan fingerprint density at radius 2 is 2.06 bits per heavy atom. The highest BCUT2D eigenvalue weighted by molar-refractivity contribution is 5.65. The number of rotatable bonds is 1. The van der Waals surface area contributed by atoms with Crippen molar-refractivity contribution in [1.29, 1.82) is 0 Å². The molecule has 1 aliphatic rings. The van der Waals surface area contributed by atoms with Crippen molar-refractivity contribution < 1.29 is 0 Å². The molecule has 1 aliphatic carbocycles. The van der Waals surface area contributed by atoms with Gasteiger partial charge in [0.25, 0.3) is 0 Å². The lowest BCUT2D eigenvalue weighted by molar-refractivity contribution is 0.567. The standard InChI is InChI=1S/C13H15N3/c14-10-7-4-8-11-12(10)13(16-15-11)9-5-2-1-3-6-9/h1-3,5-6,10H,4,7-8,14H2,(H,15,16). The van der Waals surface area contributed by atoms with Gasteiger partial charge in [-0.2, -0.15) is 5.10 Å². The monoisotopic (exact) mass is 213 g/mol. The molecule has 0 amide bonds. The lowest BCUT2D eigenvalue weighted by Crippen LogP contribution is -2.17. The van der Waals surface area contributed by atoms with Crippen LogP contribution in [0.2, 0.25) is 0 Å². The maximum atomic E-state index is 6.17. The third kappa shape index (κ3) is 1.44. The molecular weight excluding hydrogens is 198 g/mol. The topological polar surface area (TPSA) is 54.7 Å². The van der Waals surface area contributed by atoms with E-state index in [2.05, 4.69) is 22.3 Å². The molecule has 2 aromatic rings. The molecule has 16 heavy (non-hydrogen) atoms. The lowest BCUT2D eigenvalue weighted by Gasteiger charge is -2.18. The van der Waals surface area contributed by atoms with Crippen molar-refractivity contribution in [3.05, 3.63) is 41.6 Å². The summed E-state index contributed by atoms with van der Waals surface area (Å²) in [5, 5.41) is 7.54. The Bertz CT molecular complexity index is 487. The third-order valence-electron chi connectivity index (χ3n) is 3.24. The normalized spacial score (nSPS) is 19.4. The first-order valence-electron chi connectivity index (χ1n) is 5.74. The van der Waals surface area contributed by atoms with Gasteiger partial charge in [0.2, 0.25) is 0 Å². The highest BCUT2D eigenvalue weighted by Gasteiger charge is 2.23. The van der Waals surface area contributed by atoms with Crippen molar-refractivity contribution in [3.63, 3.8) is 0 Å². The number of nitrogens with two attached hydrogens (primary N) is 1. The molecule has 3 rings (SSSR count). The fourth-order valence-electron chi connectivity index (χ4n) is 2.44. The smallest absolute Gasteiger partial charge is 0.0971 e. The van der Waals surface area contributed by atoms with Crippen LogP contribution in [0.4, 0.5) is 0 Å². The van der Waals surface area contributed by atoms with Gasteiger partial charge >= 0.3 is 0 Å². The minimum Gasteiger partial charge on any atom is -0.324 e. The van der Waals surface area contributed by atoms with Gasteiger partial charge in [-0.15, -0.1) is 0 Å². The lowest BCUT2D eigenvalue weighted by atomic mass is 9.90. The number of aryl methyl sites for hydroxylation is 1. The SMILES string of the molecule is NC1CCCc2[nH]nc(-c3ccccc3)c21. The molecule has 1 atom stereocenters. The number of fused-ring (bicyclic) bond motifs is 1. The molecule has 1 unspecified atom stereocenters. The van der Waals surface area contributed by atoms with Gasteiger partial charge in [0.15, 0.2) is 0 Å². The second kappa shape index (κ2) is 3.76. The van der Waals surface area contributed by atoms with Crippen LogP contribution in [0.5, 0.6) is 0 Å². The Balaban J connectivity index is 2.13. The van der Waals surface area contributed by atoms with E-state index < -0.39 is 0 Å². The first kappa shape index (κ1) is 9.60. The van der Waals surface area contributed by atoms with Crippen LogP contribution in [0.3, 0.4) is 0 Å². The van der Waals surface area contributed by atoms with Gasteiger partial charge in [-0.1, -0.05) is 30.3 Å². The van der Waals surface area contributed by atoms with Crippen molar-refractivity contribution in [2.75, 3.05) is 0 Å². The molecule has 3 N–H and O–H groups in total. The second-order valence-corrected chi connectivity index (χ2v) is 4.33. The van der Waals surface area contributed by atoms with Gasteiger partial charge in [-0.3, -0.25) is 5.10 Å². The Hall–Kier alpha value is -1.61. The number of nitrogens with one attached hydrogen (secondary N) is 1. The molecule has 0 bridgehead atoms. The Kier molecular flexibility index (Phi) is 2.26. The zero-order valence-electron chi connectivity index (χ0n) is 9.11. The van der Waals surface area contributed by atoms with E-state index in [9.17, 15) is 0 Å². The number of hydrogen-bond acceptors (Lipinski definition) is 2. The molecule has 0 aliphatic heterocycles. The van der Waals surface area contributed by atoms with E-state index in [4.69, 9.17) is 5.73 Å². The fraction of sp³-hybridized carbons (Fsp3) is 0.308. The molecule has 0 radical (unpaired) electrons. The van der Waals surface area contributed by atoms with Crippen molar-refractivity contribution in [1.82, 2.24) is 10.2 Å². The highest BCUT2D eigenvalue weighted by Crippen LogP contribution is 2.34. The van der Waals surface area contributed by atoms with Crippen LogP contribution in [0.15, 0.2) is 30.3 Å². The van der Waals surface area contributed by atoms with Gasteiger partial charge < -0.3 is 5.73 Å². The van der Waals surface area contributed by atoms with Gasteiger partial charge in [-0.25, -0.2) is 0 Å². The van der Waals surface area contributed by atoms with Crippen LogP contribution in [0, 0.1) is 0 Å². The van der Waals surface area contributed by atoms with Crippen LogP contribution in [0.25, 0.3) is 11.3 Å². The molecule has 1 aromatic heterocycles. The third-order valence-corrected chi connectivity index (χ3v) is 3.24.